The number of rotatable bonds is 1. The summed E-state index contributed by atoms with van der Waals surface area (Å²) in [5, 5.41) is 9.54. The third-order valence-electron chi connectivity index (χ3n) is 2.20. The zero-order valence-electron chi connectivity index (χ0n) is 7.61. The van der Waals surface area contributed by atoms with Crippen molar-refractivity contribution >= 4 is 29.4 Å². The summed E-state index contributed by atoms with van der Waals surface area (Å²) >= 11 is 12.1. The van der Waals surface area contributed by atoms with E-state index in [2.05, 4.69) is 4.99 Å². The van der Waals surface area contributed by atoms with Crippen molar-refractivity contribution in [2.75, 3.05) is 0 Å². The number of alkyl halides is 1. The van der Waals surface area contributed by atoms with E-state index >= 15 is 0 Å². The highest BCUT2D eigenvalue weighted by molar-refractivity contribution is 6.31. The van der Waals surface area contributed by atoms with Crippen LogP contribution in [0.2, 0.25) is 5.02 Å². The van der Waals surface area contributed by atoms with Crippen molar-refractivity contribution in [3.05, 3.63) is 46.5 Å². The van der Waals surface area contributed by atoms with E-state index in [-0.39, 0.29) is 0 Å². The number of nitriles is 1. The first-order valence-electron chi connectivity index (χ1n) is 4.28. The first kappa shape index (κ1) is 10.2. The number of nitrogens with zero attached hydrogens (tertiary/aromatic N) is 2. The molecule has 4 heteroatoms. The minimum atomic E-state index is -1.07. The number of allylic oxidation sites excluding steroid dienone is 1. The molecule has 1 heterocycles. The van der Waals surface area contributed by atoms with E-state index < -0.39 is 5.00 Å². The number of hydrogen-bond donors (Lipinski definition) is 0. The summed E-state index contributed by atoms with van der Waals surface area (Å²) in [6.07, 6.45) is 3.15. The third kappa shape index (κ3) is 1.65. The van der Waals surface area contributed by atoms with Crippen molar-refractivity contribution in [2.45, 2.75) is 5.00 Å². The van der Waals surface area contributed by atoms with Crippen LogP contribution in [0.15, 0.2) is 40.9 Å². The summed E-state index contributed by atoms with van der Waals surface area (Å²) in [4.78, 5) is 3.03. The van der Waals surface area contributed by atoms with E-state index in [4.69, 9.17) is 28.5 Å². The van der Waals surface area contributed by atoms with Crippen LogP contribution in [0.5, 0.6) is 0 Å². The molecule has 0 saturated carbocycles. The highest BCUT2D eigenvalue weighted by Gasteiger charge is 2.35. The largest absolute Gasteiger partial charge is 0.260 e. The predicted octanol–water partition coefficient (Wildman–Crippen LogP) is 3.27. The van der Waals surface area contributed by atoms with E-state index in [1.54, 1.807) is 36.6 Å². The Balaban J connectivity index is 2.48. The topological polar surface area (TPSA) is 36.1 Å². The van der Waals surface area contributed by atoms with Crippen LogP contribution in [0, 0.1) is 11.3 Å². The summed E-state index contributed by atoms with van der Waals surface area (Å²) in [6.45, 7) is 0. The Hall–Kier alpha value is -1.30. The fourth-order valence-corrected chi connectivity index (χ4v) is 1.82. The molecule has 0 aromatic heterocycles. The third-order valence-corrected chi connectivity index (χ3v) is 2.97. The minimum Gasteiger partial charge on any atom is -0.260 e. The Bertz CT molecular complexity index is 482. The summed E-state index contributed by atoms with van der Waals surface area (Å²) < 4.78 is 0. The average Bonchev–Trinajstić information content (AvgIpc) is 2.61. The Morgan fingerprint density at radius 2 is 1.93 bits per heavy atom. The van der Waals surface area contributed by atoms with Crippen molar-refractivity contribution < 1.29 is 0 Å². The maximum atomic E-state index is 8.91. The van der Waals surface area contributed by atoms with E-state index in [1.807, 2.05) is 6.07 Å². The molecular formula is C11H6Cl2N2. The van der Waals surface area contributed by atoms with Gasteiger partial charge in [0, 0.05) is 11.2 Å². The predicted molar refractivity (Wildman–Crippen MR) is 61.2 cm³/mol. The van der Waals surface area contributed by atoms with Gasteiger partial charge in [-0.2, -0.15) is 5.26 Å². The standard InChI is InChI=1S/C11H6Cl2N2/c12-10-3-1-8(2-4-10)11(13)9(7-14)5-6-15-11/h1-6H. The van der Waals surface area contributed by atoms with Crippen LogP contribution in [0.25, 0.3) is 0 Å². The van der Waals surface area contributed by atoms with E-state index in [1.165, 1.54) is 0 Å². The molecule has 0 saturated heterocycles. The van der Waals surface area contributed by atoms with Gasteiger partial charge in [-0.3, -0.25) is 4.99 Å². The molecule has 1 aromatic carbocycles. The Labute approximate surface area is 97.5 Å². The highest BCUT2D eigenvalue weighted by Crippen LogP contribution is 2.40. The van der Waals surface area contributed by atoms with Crippen LogP contribution >= 0.6 is 23.2 Å². The van der Waals surface area contributed by atoms with Crippen molar-refractivity contribution in [2.24, 2.45) is 4.99 Å². The molecule has 0 spiro atoms. The molecule has 1 unspecified atom stereocenters. The molecule has 1 aromatic rings. The molecule has 1 aliphatic heterocycles. The lowest BCUT2D eigenvalue weighted by atomic mass is 10.0. The fraction of sp³-hybridized carbons (Fsp3) is 0.0909. The van der Waals surface area contributed by atoms with Gasteiger partial charge in [0.25, 0.3) is 0 Å². The molecule has 0 radical (unpaired) electrons. The van der Waals surface area contributed by atoms with Crippen molar-refractivity contribution in [3.8, 4) is 6.07 Å². The Kier molecular flexibility index (Phi) is 2.52. The van der Waals surface area contributed by atoms with Crippen LogP contribution in [-0.4, -0.2) is 6.21 Å². The normalized spacial score (nSPS) is 23.7. The Morgan fingerprint density at radius 3 is 2.53 bits per heavy atom. The second-order valence-electron chi connectivity index (χ2n) is 3.10. The highest BCUT2D eigenvalue weighted by atomic mass is 35.5. The lowest BCUT2D eigenvalue weighted by Crippen LogP contribution is -2.15. The second-order valence-corrected chi connectivity index (χ2v) is 4.08. The average molecular weight is 237 g/mol. The molecule has 0 amide bonds. The fourth-order valence-electron chi connectivity index (χ4n) is 1.41. The van der Waals surface area contributed by atoms with E-state index in [0.29, 0.717) is 10.6 Å². The van der Waals surface area contributed by atoms with Crippen molar-refractivity contribution in [3.63, 3.8) is 0 Å². The van der Waals surface area contributed by atoms with Gasteiger partial charge in [0.05, 0.1) is 11.6 Å². The molecular weight excluding hydrogens is 231 g/mol. The summed E-state index contributed by atoms with van der Waals surface area (Å²) in [6, 6.07) is 9.02. The van der Waals surface area contributed by atoms with Gasteiger partial charge in [0.1, 0.15) is 0 Å². The van der Waals surface area contributed by atoms with Gasteiger partial charge >= 0.3 is 0 Å². The van der Waals surface area contributed by atoms with Crippen molar-refractivity contribution in [1.82, 2.24) is 0 Å². The second kappa shape index (κ2) is 3.69. The Morgan fingerprint density at radius 1 is 1.27 bits per heavy atom. The summed E-state index contributed by atoms with van der Waals surface area (Å²) in [5.41, 5.74) is 1.17. The van der Waals surface area contributed by atoms with Gasteiger partial charge in [0.2, 0.25) is 0 Å². The summed E-state index contributed by atoms with van der Waals surface area (Å²) in [7, 11) is 0. The zero-order chi connectivity index (χ0) is 10.9. The minimum absolute atomic E-state index is 0.423. The van der Waals surface area contributed by atoms with Gasteiger partial charge in [-0.15, -0.1) is 0 Å². The van der Waals surface area contributed by atoms with Crippen LogP contribution in [0.3, 0.4) is 0 Å². The molecule has 74 valence electrons. The molecule has 0 bridgehead atoms. The maximum absolute atomic E-state index is 8.91. The van der Waals surface area contributed by atoms with Gasteiger partial charge in [-0.25, -0.2) is 0 Å². The van der Waals surface area contributed by atoms with E-state index in [0.717, 1.165) is 5.56 Å². The first-order valence-corrected chi connectivity index (χ1v) is 5.03. The molecule has 1 atom stereocenters. The monoisotopic (exact) mass is 236 g/mol. The molecule has 0 N–H and O–H groups in total. The van der Waals surface area contributed by atoms with Crippen LogP contribution in [0.4, 0.5) is 0 Å². The number of halogens is 2. The zero-order valence-corrected chi connectivity index (χ0v) is 9.13. The molecule has 2 rings (SSSR count). The lowest BCUT2D eigenvalue weighted by molar-refractivity contribution is 0.801. The lowest BCUT2D eigenvalue weighted by Gasteiger charge is -2.18. The van der Waals surface area contributed by atoms with Crippen LogP contribution < -0.4 is 0 Å². The SMILES string of the molecule is N#CC1=CC=NC1(Cl)c1ccc(Cl)cc1. The molecule has 1 aliphatic rings. The van der Waals surface area contributed by atoms with Crippen LogP contribution in [-0.2, 0) is 5.00 Å². The van der Waals surface area contributed by atoms with Gasteiger partial charge in [0.15, 0.2) is 5.00 Å². The number of aliphatic imine (C=N–C) groups is 1. The smallest absolute Gasteiger partial charge is 0.193 e. The summed E-state index contributed by atoms with van der Waals surface area (Å²) in [5.74, 6) is 0. The maximum Gasteiger partial charge on any atom is 0.193 e. The first-order chi connectivity index (χ1) is 7.16. The van der Waals surface area contributed by atoms with Crippen molar-refractivity contribution in [1.29, 1.82) is 5.26 Å². The van der Waals surface area contributed by atoms with Gasteiger partial charge in [-0.1, -0.05) is 35.3 Å². The molecule has 2 nitrogen and oxygen atoms in total. The number of benzene rings is 1. The van der Waals surface area contributed by atoms with Crippen LogP contribution in [0.1, 0.15) is 5.56 Å². The molecule has 15 heavy (non-hydrogen) atoms. The number of hydrogen-bond acceptors (Lipinski definition) is 2. The quantitative estimate of drug-likeness (QED) is 0.545. The van der Waals surface area contributed by atoms with E-state index in [9.17, 15) is 0 Å². The molecule has 0 aliphatic carbocycles. The van der Waals surface area contributed by atoms with Gasteiger partial charge in [-0.05, 0) is 23.8 Å². The van der Waals surface area contributed by atoms with Gasteiger partial charge < -0.3 is 0 Å². The molecule has 0 fully saturated rings.